The number of carbonyl (C=O) groups excluding carboxylic acids is 1. The topological polar surface area (TPSA) is 32.8 Å². The normalized spacial score (nSPS) is 15.9. The molecule has 1 saturated heterocycles. The van der Waals surface area contributed by atoms with E-state index in [4.69, 9.17) is 0 Å². The molecule has 12 heteroatoms. The minimum Gasteiger partial charge on any atom is -0.426 e. The monoisotopic (exact) mass is 482 g/mol. The summed E-state index contributed by atoms with van der Waals surface area (Å²) in [6, 6.07) is 10.5. The number of carbonyl (C=O) groups is 1. The quantitative estimate of drug-likeness (QED) is 0.555. The molecule has 180 valence electrons. The highest BCUT2D eigenvalue weighted by Gasteiger charge is 2.60. The van der Waals surface area contributed by atoms with E-state index in [1.807, 2.05) is 0 Å². The molecule has 0 spiro atoms. The van der Waals surface area contributed by atoms with Gasteiger partial charge in [-0.05, 0) is 35.4 Å². The molecule has 1 fully saturated rings. The molecule has 0 saturated carbocycles. The number of nitrogens with zero attached hydrogens (tertiary/aromatic N) is 2. The summed E-state index contributed by atoms with van der Waals surface area (Å²) in [6.07, 6.45) is -17.5. The Balaban J connectivity index is 1.74. The molecule has 0 aromatic heterocycles. The van der Waals surface area contributed by atoms with Gasteiger partial charge in [-0.3, -0.25) is 4.90 Å². The maximum absolute atomic E-state index is 13.4. The van der Waals surface area contributed by atoms with Gasteiger partial charge in [-0.2, -0.15) is 26.3 Å². The van der Waals surface area contributed by atoms with Gasteiger partial charge in [-0.15, -0.1) is 0 Å². The van der Waals surface area contributed by atoms with Gasteiger partial charge in [-0.1, -0.05) is 24.3 Å². The predicted molar refractivity (Wildman–Crippen MR) is 100 cm³/mol. The van der Waals surface area contributed by atoms with E-state index < -0.39 is 42.2 Å². The SMILES string of the molecule is O=C(OC(C(F)(F)F)C(F)(F)F)N1CCN(C(c2ccc(F)cc2)c2ccc(F)cc2)CC1. The maximum Gasteiger partial charge on any atom is 0.434 e. The Hall–Kier alpha value is -2.89. The Morgan fingerprint density at radius 1 is 0.727 bits per heavy atom. The van der Waals surface area contributed by atoms with Crippen molar-refractivity contribution in [2.75, 3.05) is 26.2 Å². The van der Waals surface area contributed by atoms with Crippen LogP contribution in [0.25, 0.3) is 0 Å². The van der Waals surface area contributed by atoms with Crippen molar-refractivity contribution in [3.05, 3.63) is 71.3 Å². The number of halogens is 8. The van der Waals surface area contributed by atoms with E-state index in [0.29, 0.717) is 11.1 Å². The van der Waals surface area contributed by atoms with Crippen LogP contribution in [0.5, 0.6) is 0 Å². The summed E-state index contributed by atoms with van der Waals surface area (Å²) in [5.74, 6) is -0.957. The van der Waals surface area contributed by atoms with Gasteiger partial charge in [0.15, 0.2) is 0 Å². The number of benzene rings is 2. The van der Waals surface area contributed by atoms with E-state index in [0.717, 1.165) is 4.90 Å². The lowest BCUT2D eigenvalue weighted by Gasteiger charge is -2.39. The molecular weight excluding hydrogens is 464 g/mol. The average Bonchev–Trinajstić information content (AvgIpc) is 2.73. The molecule has 0 unspecified atom stereocenters. The van der Waals surface area contributed by atoms with E-state index in [-0.39, 0.29) is 26.2 Å². The first-order valence-electron chi connectivity index (χ1n) is 9.70. The van der Waals surface area contributed by atoms with Crippen LogP contribution in [0.1, 0.15) is 17.2 Å². The molecule has 1 aliphatic rings. The molecule has 2 aromatic rings. The zero-order chi connectivity index (χ0) is 24.4. The van der Waals surface area contributed by atoms with E-state index in [9.17, 15) is 39.9 Å². The molecule has 1 heterocycles. The highest BCUT2D eigenvalue weighted by Crippen LogP contribution is 2.36. The van der Waals surface area contributed by atoms with Crippen molar-refractivity contribution in [2.24, 2.45) is 0 Å². The molecule has 4 nitrogen and oxygen atoms in total. The summed E-state index contributed by atoms with van der Waals surface area (Å²) in [4.78, 5) is 14.6. The van der Waals surface area contributed by atoms with Gasteiger partial charge >= 0.3 is 18.4 Å². The average molecular weight is 482 g/mol. The van der Waals surface area contributed by atoms with Crippen molar-refractivity contribution in [1.29, 1.82) is 0 Å². The lowest BCUT2D eigenvalue weighted by atomic mass is 9.96. The predicted octanol–water partition coefficient (Wildman–Crippen LogP) is 5.30. The van der Waals surface area contributed by atoms with Gasteiger partial charge < -0.3 is 9.64 Å². The number of hydrogen-bond donors (Lipinski definition) is 0. The first kappa shape index (κ1) is 24.7. The second-order valence-corrected chi connectivity index (χ2v) is 7.38. The van der Waals surface area contributed by atoms with Crippen molar-refractivity contribution >= 4 is 6.09 Å². The number of hydrogen-bond acceptors (Lipinski definition) is 3. The van der Waals surface area contributed by atoms with Crippen LogP contribution in [-0.2, 0) is 4.74 Å². The Labute approximate surface area is 183 Å². The van der Waals surface area contributed by atoms with Crippen molar-refractivity contribution in [3.63, 3.8) is 0 Å². The summed E-state index contributed by atoms with van der Waals surface area (Å²) < 4.78 is 106. The van der Waals surface area contributed by atoms with Gasteiger partial charge in [0.05, 0.1) is 6.04 Å². The molecule has 1 aliphatic heterocycles. The van der Waals surface area contributed by atoms with Crippen LogP contribution in [0, 0.1) is 11.6 Å². The first-order valence-corrected chi connectivity index (χ1v) is 9.70. The van der Waals surface area contributed by atoms with Crippen LogP contribution in [-0.4, -0.2) is 60.5 Å². The van der Waals surface area contributed by atoms with Crippen LogP contribution in [0.3, 0.4) is 0 Å². The summed E-state index contributed by atoms with van der Waals surface area (Å²) in [7, 11) is 0. The molecule has 0 radical (unpaired) electrons. The van der Waals surface area contributed by atoms with Gasteiger partial charge in [0, 0.05) is 26.2 Å². The molecule has 0 bridgehead atoms. The Morgan fingerprint density at radius 2 is 1.12 bits per heavy atom. The van der Waals surface area contributed by atoms with Gasteiger partial charge in [0.25, 0.3) is 6.10 Å². The fourth-order valence-electron chi connectivity index (χ4n) is 3.56. The number of alkyl halides is 6. The summed E-state index contributed by atoms with van der Waals surface area (Å²) >= 11 is 0. The van der Waals surface area contributed by atoms with Crippen molar-refractivity contribution in [1.82, 2.24) is 9.80 Å². The smallest absolute Gasteiger partial charge is 0.426 e. The molecule has 2 aromatic carbocycles. The third-order valence-electron chi connectivity index (χ3n) is 5.12. The Bertz CT molecular complexity index is 877. The first-order chi connectivity index (χ1) is 15.4. The summed E-state index contributed by atoms with van der Waals surface area (Å²) in [6.45, 7) is -0.283. The Kier molecular flexibility index (Phi) is 7.15. The minimum atomic E-state index is -5.80. The second-order valence-electron chi connectivity index (χ2n) is 7.38. The van der Waals surface area contributed by atoms with Crippen LogP contribution in [0.4, 0.5) is 39.9 Å². The van der Waals surface area contributed by atoms with Crippen LogP contribution >= 0.6 is 0 Å². The van der Waals surface area contributed by atoms with E-state index in [1.54, 1.807) is 4.90 Å². The molecule has 0 N–H and O–H groups in total. The largest absolute Gasteiger partial charge is 0.434 e. The standard InChI is InChI=1S/C21H18F8N2O2/c22-15-5-1-13(2-6-15)17(14-3-7-16(23)8-4-14)30-9-11-31(12-10-30)19(32)33-18(20(24,25)26)21(27,28)29/h1-8,17-18H,9-12H2. The van der Waals surface area contributed by atoms with Gasteiger partial charge in [0.1, 0.15) is 11.6 Å². The van der Waals surface area contributed by atoms with Crippen molar-refractivity contribution in [2.45, 2.75) is 24.5 Å². The minimum absolute atomic E-state index is 0.0667. The van der Waals surface area contributed by atoms with Crippen LogP contribution in [0.2, 0.25) is 0 Å². The maximum atomic E-state index is 13.4. The molecule has 33 heavy (non-hydrogen) atoms. The number of amides is 1. The lowest BCUT2D eigenvalue weighted by molar-refractivity contribution is -0.308. The van der Waals surface area contributed by atoms with E-state index >= 15 is 0 Å². The van der Waals surface area contributed by atoms with Gasteiger partial charge in [0.2, 0.25) is 0 Å². The lowest BCUT2D eigenvalue weighted by Crippen LogP contribution is -2.53. The van der Waals surface area contributed by atoms with Crippen LogP contribution in [0.15, 0.2) is 48.5 Å². The number of rotatable bonds is 4. The van der Waals surface area contributed by atoms with Crippen LogP contribution < -0.4 is 0 Å². The molecule has 3 rings (SSSR count). The third-order valence-corrected chi connectivity index (χ3v) is 5.12. The van der Waals surface area contributed by atoms with E-state index in [2.05, 4.69) is 4.74 Å². The zero-order valence-corrected chi connectivity index (χ0v) is 16.8. The number of ether oxygens (including phenoxy) is 1. The third kappa shape index (κ3) is 6.12. The summed E-state index contributed by atoms with van der Waals surface area (Å²) in [5, 5.41) is 0. The molecular formula is C21H18F8N2O2. The van der Waals surface area contributed by atoms with Crippen molar-refractivity contribution in [3.8, 4) is 0 Å². The van der Waals surface area contributed by atoms with Crippen molar-refractivity contribution < 1.29 is 44.7 Å². The fourth-order valence-corrected chi connectivity index (χ4v) is 3.56. The molecule has 0 atom stereocenters. The van der Waals surface area contributed by atoms with E-state index in [1.165, 1.54) is 48.5 Å². The second kappa shape index (κ2) is 9.54. The molecule has 0 aliphatic carbocycles. The molecule has 1 amide bonds. The zero-order valence-electron chi connectivity index (χ0n) is 16.8. The highest BCUT2D eigenvalue weighted by molar-refractivity contribution is 5.68. The fraction of sp³-hybridized carbons (Fsp3) is 0.381. The summed E-state index contributed by atoms with van der Waals surface area (Å²) in [5.41, 5.74) is 1.27. The highest BCUT2D eigenvalue weighted by atomic mass is 19.4. The Morgan fingerprint density at radius 3 is 1.48 bits per heavy atom. The number of piperazine rings is 1. The van der Waals surface area contributed by atoms with Gasteiger partial charge in [-0.25, -0.2) is 13.6 Å².